The molecular formula is C12H18O6. The average Bonchev–Trinajstić information content (AvgIpc) is 2.39. The molecule has 0 amide bonds. The molecule has 3 atom stereocenters. The largest absolute Gasteiger partial charge is 0.467 e. The van der Waals surface area contributed by atoms with E-state index in [1.807, 2.05) is 0 Å². The SMILES string of the molecule is COC(=O)C1=CC[C@@H](O)[C@H](O[C@@H](C)C(=O)OC)C1. The number of carbonyl (C=O) groups excluding carboxylic acids is 2. The second-order valence-corrected chi connectivity index (χ2v) is 4.07. The van der Waals surface area contributed by atoms with Crippen LogP contribution in [0, 0.1) is 0 Å². The number of aliphatic hydroxyl groups is 1. The van der Waals surface area contributed by atoms with Gasteiger partial charge in [-0.15, -0.1) is 0 Å². The topological polar surface area (TPSA) is 82.1 Å². The molecule has 0 bridgehead atoms. The summed E-state index contributed by atoms with van der Waals surface area (Å²) in [6, 6.07) is 0. The number of methoxy groups -OCH3 is 2. The third-order valence-electron chi connectivity index (χ3n) is 2.82. The first-order chi connectivity index (χ1) is 8.49. The molecule has 0 saturated heterocycles. The van der Waals surface area contributed by atoms with Gasteiger partial charge in [-0.05, 0) is 13.3 Å². The van der Waals surface area contributed by atoms with Gasteiger partial charge in [-0.3, -0.25) is 0 Å². The van der Waals surface area contributed by atoms with E-state index in [0.717, 1.165) is 0 Å². The Morgan fingerprint density at radius 1 is 1.39 bits per heavy atom. The highest BCUT2D eigenvalue weighted by Gasteiger charge is 2.31. The summed E-state index contributed by atoms with van der Waals surface area (Å²) in [5.74, 6) is -0.961. The molecule has 102 valence electrons. The number of rotatable bonds is 4. The fraction of sp³-hybridized carbons (Fsp3) is 0.667. The fourth-order valence-corrected chi connectivity index (χ4v) is 1.77. The smallest absolute Gasteiger partial charge is 0.334 e. The van der Waals surface area contributed by atoms with Crippen molar-refractivity contribution >= 4 is 11.9 Å². The number of carbonyl (C=O) groups is 2. The minimum Gasteiger partial charge on any atom is -0.467 e. The molecule has 1 aliphatic rings. The van der Waals surface area contributed by atoms with Crippen LogP contribution in [0.2, 0.25) is 0 Å². The lowest BCUT2D eigenvalue weighted by Gasteiger charge is -2.28. The van der Waals surface area contributed by atoms with Gasteiger partial charge in [-0.1, -0.05) is 6.08 Å². The van der Waals surface area contributed by atoms with E-state index in [-0.39, 0.29) is 6.42 Å². The normalized spacial score (nSPS) is 25.0. The Morgan fingerprint density at radius 2 is 2.06 bits per heavy atom. The van der Waals surface area contributed by atoms with E-state index >= 15 is 0 Å². The lowest BCUT2D eigenvalue weighted by atomic mass is 9.94. The lowest BCUT2D eigenvalue weighted by molar-refractivity contribution is -0.161. The van der Waals surface area contributed by atoms with Crippen LogP contribution < -0.4 is 0 Å². The second kappa shape index (κ2) is 6.51. The van der Waals surface area contributed by atoms with E-state index in [1.54, 1.807) is 6.08 Å². The Labute approximate surface area is 106 Å². The van der Waals surface area contributed by atoms with Gasteiger partial charge in [0.1, 0.15) is 0 Å². The zero-order valence-corrected chi connectivity index (χ0v) is 10.7. The third-order valence-corrected chi connectivity index (χ3v) is 2.82. The first-order valence-corrected chi connectivity index (χ1v) is 5.68. The maximum atomic E-state index is 11.4. The van der Waals surface area contributed by atoms with Crippen LogP contribution in [0.4, 0.5) is 0 Å². The summed E-state index contributed by atoms with van der Waals surface area (Å²) in [7, 11) is 2.56. The van der Waals surface area contributed by atoms with Crippen LogP contribution in [-0.2, 0) is 23.8 Å². The average molecular weight is 258 g/mol. The maximum absolute atomic E-state index is 11.4. The van der Waals surface area contributed by atoms with Crippen molar-refractivity contribution in [1.29, 1.82) is 0 Å². The molecule has 0 heterocycles. The summed E-state index contributed by atoms with van der Waals surface area (Å²) >= 11 is 0. The van der Waals surface area contributed by atoms with Gasteiger partial charge in [0.25, 0.3) is 0 Å². The monoisotopic (exact) mass is 258 g/mol. The highest BCUT2D eigenvalue weighted by Crippen LogP contribution is 2.23. The van der Waals surface area contributed by atoms with E-state index in [0.29, 0.717) is 12.0 Å². The molecule has 6 nitrogen and oxygen atoms in total. The number of hydrogen-bond acceptors (Lipinski definition) is 6. The standard InChI is InChI=1S/C12H18O6/c1-7(11(14)16-2)18-10-6-8(12(15)17-3)4-5-9(10)13/h4,7,9-10,13H,5-6H2,1-3H3/t7-,9+,10+/m0/s1. The number of hydrogen-bond donors (Lipinski definition) is 1. The van der Waals surface area contributed by atoms with Gasteiger partial charge in [-0.2, -0.15) is 0 Å². The summed E-state index contributed by atoms with van der Waals surface area (Å²) in [5, 5.41) is 9.77. The molecular weight excluding hydrogens is 240 g/mol. The second-order valence-electron chi connectivity index (χ2n) is 4.07. The fourth-order valence-electron chi connectivity index (χ4n) is 1.77. The zero-order valence-electron chi connectivity index (χ0n) is 10.7. The summed E-state index contributed by atoms with van der Waals surface area (Å²) in [6.45, 7) is 1.54. The van der Waals surface area contributed by atoms with Crippen molar-refractivity contribution in [2.75, 3.05) is 14.2 Å². The quantitative estimate of drug-likeness (QED) is 0.725. The highest BCUT2D eigenvalue weighted by molar-refractivity contribution is 5.88. The molecule has 1 N–H and O–H groups in total. The van der Waals surface area contributed by atoms with E-state index in [1.165, 1.54) is 21.1 Å². The molecule has 0 spiro atoms. The minimum absolute atomic E-state index is 0.217. The molecule has 0 aromatic carbocycles. The van der Waals surface area contributed by atoms with Crippen molar-refractivity contribution in [1.82, 2.24) is 0 Å². The molecule has 0 aliphatic heterocycles. The zero-order chi connectivity index (χ0) is 13.7. The van der Waals surface area contributed by atoms with Gasteiger partial charge in [0.05, 0.1) is 26.4 Å². The van der Waals surface area contributed by atoms with Crippen LogP contribution >= 0.6 is 0 Å². The first-order valence-electron chi connectivity index (χ1n) is 5.68. The molecule has 0 radical (unpaired) electrons. The first kappa shape index (κ1) is 14.7. The summed E-state index contributed by atoms with van der Waals surface area (Å²) < 4.78 is 14.6. The third kappa shape index (κ3) is 3.54. The molecule has 0 fully saturated rings. The minimum atomic E-state index is -0.786. The van der Waals surface area contributed by atoms with Gasteiger partial charge < -0.3 is 19.3 Å². The van der Waals surface area contributed by atoms with Crippen molar-refractivity contribution in [3.8, 4) is 0 Å². The van der Waals surface area contributed by atoms with Crippen molar-refractivity contribution in [3.05, 3.63) is 11.6 Å². The van der Waals surface area contributed by atoms with Gasteiger partial charge in [0.15, 0.2) is 6.10 Å². The lowest BCUT2D eigenvalue weighted by Crippen LogP contribution is -2.38. The molecule has 1 rings (SSSR count). The van der Waals surface area contributed by atoms with Gasteiger partial charge in [-0.25, -0.2) is 9.59 Å². The molecule has 6 heteroatoms. The van der Waals surface area contributed by atoms with E-state index in [2.05, 4.69) is 9.47 Å². The van der Waals surface area contributed by atoms with Crippen LogP contribution in [0.15, 0.2) is 11.6 Å². The van der Waals surface area contributed by atoms with Crippen LogP contribution in [0.25, 0.3) is 0 Å². The van der Waals surface area contributed by atoms with Gasteiger partial charge in [0.2, 0.25) is 0 Å². The van der Waals surface area contributed by atoms with Crippen molar-refractivity contribution < 1.29 is 28.9 Å². The van der Waals surface area contributed by atoms with Crippen molar-refractivity contribution in [3.63, 3.8) is 0 Å². The van der Waals surface area contributed by atoms with Crippen LogP contribution in [0.1, 0.15) is 19.8 Å². The Morgan fingerprint density at radius 3 is 2.61 bits per heavy atom. The van der Waals surface area contributed by atoms with Crippen molar-refractivity contribution in [2.45, 2.75) is 38.1 Å². The van der Waals surface area contributed by atoms with Crippen LogP contribution in [-0.4, -0.2) is 49.6 Å². The predicted octanol–water partition coefficient (Wildman–Crippen LogP) is 0.187. The molecule has 0 unspecified atom stereocenters. The Bertz CT molecular complexity index is 348. The molecule has 0 aromatic heterocycles. The molecule has 0 saturated carbocycles. The van der Waals surface area contributed by atoms with E-state index < -0.39 is 30.3 Å². The maximum Gasteiger partial charge on any atom is 0.334 e. The van der Waals surface area contributed by atoms with Gasteiger partial charge in [0, 0.05) is 12.0 Å². The number of esters is 2. The summed E-state index contributed by atoms with van der Waals surface area (Å²) in [5.41, 5.74) is 0.449. The Kier molecular flexibility index (Phi) is 5.30. The summed E-state index contributed by atoms with van der Waals surface area (Å²) in [6.07, 6.45) is -0.00694. The Hall–Kier alpha value is -1.40. The summed E-state index contributed by atoms with van der Waals surface area (Å²) in [4.78, 5) is 22.6. The van der Waals surface area contributed by atoms with Crippen molar-refractivity contribution in [2.24, 2.45) is 0 Å². The predicted molar refractivity (Wildman–Crippen MR) is 61.7 cm³/mol. The van der Waals surface area contributed by atoms with Gasteiger partial charge >= 0.3 is 11.9 Å². The van der Waals surface area contributed by atoms with E-state index in [9.17, 15) is 14.7 Å². The van der Waals surface area contributed by atoms with E-state index in [4.69, 9.17) is 4.74 Å². The molecule has 0 aromatic rings. The Balaban J connectivity index is 2.64. The highest BCUT2D eigenvalue weighted by atomic mass is 16.6. The van der Waals surface area contributed by atoms with Crippen LogP contribution in [0.5, 0.6) is 0 Å². The van der Waals surface area contributed by atoms with Crippen LogP contribution in [0.3, 0.4) is 0 Å². The molecule has 1 aliphatic carbocycles. The number of ether oxygens (including phenoxy) is 3. The molecule has 18 heavy (non-hydrogen) atoms. The number of aliphatic hydroxyl groups excluding tert-OH is 1.